The Hall–Kier alpha value is -1.92. The number of amides is 1. The number of nitrogens with one attached hydrogen (secondary N) is 1. The SMILES string of the molecule is CCCCCCCCC/C=C\CCCCCCCC(=O)OCCCCCCCCCCC/C=C\C/C=C\CCCCCCCCCCCCCCCCCC(=O)NC(CO)C(O)CCCCCCCCCCCCCCCC. The Labute approximate surface area is 487 Å². The smallest absolute Gasteiger partial charge is 0.305 e. The van der Waals surface area contributed by atoms with Crippen LogP contribution in [-0.2, 0) is 14.3 Å². The van der Waals surface area contributed by atoms with Crippen LogP contribution < -0.4 is 5.32 Å². The molecule has 0 aromatic rings. The molecule has 0 bridgehead atoms. The van der Waals surface area contributed by atoms with E-state index < -0.39 is 12.1 Å². The average molecular weight is 1100 g/mol. The second-order valence-corrected chi connectivity index (χ2v) is 24.2. The molecule has 0 aromatic carbocycles. The van der Waals surface area contributed by atoms with Gasteiger partial charge in [0.25, 0.3) is 0 Å². The van der Waals surface area contributed by atoms with E-state index in [0.29, 0.717) is 25.9 Å². The fourth-order valence-corrected chi connectivity index (χ4v) is 11.0. The minimum atomic E-state index is -0.663. The van der Waals surface area contributed by atoms with Gasteiger partial charge in [-0.3, -0.25) is 9.59 Å². The first kappa shape index (κ1) is 76.1. The zero-order valence-corrected chi connectivity index (χ0v) is 52.7. The van der Waals surface area contributed by atoms with Crippen LogP contribution >= 0.6 is 0 Å². The number of aliphatic hydroxyl groups excluding tert-OH is 2. The number of carbonyl (C=O) groups is 2. The highest BCUT2D eigenvalue weighted by atomic mass is 16.5. The van der Waals surface area contributed by atoms with E-state index in [1.807, 2.05) is 0 Å². The monoisotopic (exact) mass is 1100 g/mol. The minimum Gasteiger partial charge on any atom is -0.466 e. The fraction of sp³-hybridized carbons (Fsp3) is 0.889. The number of esters is 1. The van der Waals surface area contributed by atoms with E-state index in [2.05, 4.69) is 55.6 Å². The molecular formula is C72H137NO5. The van der Waals surface area contributed by atoms with E-state index in [-0.39, 0.29) is 18.5 Å². The van der Waals surface area contributed by atoms with Gasteiger partial charge in [-0.25, -0.2) is 0 Å². The first-order valence-electron chi connectivity index (χ1n) is 35.2. The third kappa shape index (κ3) is 63.3. The quantitative estimate of drug-likeness (QED) is 0.0320. The molecule has 6 nitrogen and oxygen atoms in total. The first-order valence-corrected chi connectivity index (χ1v) is 35.2. The normalized spacial score (nSPS) is 12.7. The van der Waals surface area contributed by atoms with Gasteiger partial charge in [-0.15, -0.1) is 0 Å². The molecule has 0 heterocycles. The summed E-state index contributed by atoms with van der Waals surface area (Å²) in [5.41, 5.74) is 0. The number of carbonyl (C=O) groups excluding carboxylic acids is 2. The van der Waals surface area contributed by atoms with Crippen LogP contribution in [0.15, 0.2) is 36.5 Å². The molecule has 6 heteroatoms. The predicted molar refractivity (Wildman–Crippen MR) is 343 cm³/mol. The summed E-state index contributed by atoms with van der Waals surface area (Å²) in [7, 11) is 0. The minimum absolute atomic E-state index is 0.00616. The lowest BCUT2D eigenvalue weighted by Crippen LogP contribution is -2.45. The number of unbranched alkanes of at least 4 members (excludes halogenated alkanes) is 49. The molecule has 0 saturated heterocycles. The molecular weight excluding hydrogens is 959 g/mol. The molecule has 0 fully saturated rings. The van der Waals surface area contributed by atoms with Crippen LogP contribution in [0.4, 0.5) is 0 Å². The highest BCUT2D eigenvalue weighted by Gasteiger charge is 2.20. The summed E-state index contributed by atoms with van der Waals surface area (Å²) in [6.45, 7) is 4.97. The fourth-order valence-electron chi connectivity index (χ4n) is 11.0. The largest absolute Gasteiger partial charge is 0.466 e. The Balaban J connectivity index is 3.38. The lowest BCUT2D eigenvalue weighted by molar-refractivity contribution is -0.143. The highest BCUT2D eigenvalue weighted by Crippen LogP contribution is 2.18. The molecule has 0 spiro atoms. The molecule has 460 valence electrons. The molecule has 0 saturated carbocycles. The molecule has 2 atom stereocenters. The van der Waals surface area contributed by atoms with Gasteiger partial charge in [0.2, 0.25) is 5.91 Å². The Morgan fingerprint density at radius 3 is 0.987 bits per heavy atom. The molecule has 2 unspecified atom stereocenters. The van der Waals surface area contributed by atoms with Gasteiger partial charge < -0.3 is 20.3 Å². The van der Waals surface area contributed by atoms with Crippen LogP contribution in [0.5, 0.6) is 0 Å². The van der Waals surface area contributed by atoms with Crippen LogP contribution in [0.1, 0.15) is 386 Å². The van der Waals surface area contributed by atoms with Crippen LogP contribution in [0, 0.1) is 0 Å². The third-order valence-electron chi connectivity index (χ3n) is 16.4. The maximum atomic E-state index is 12.5. The van der Waals surface area contributed by atoms with E-state index in [0.717, 1.165) is 51.4 Å². The average Bonchev–Trinajstić information content (AvgIpc) is 3.44. The number of rotatable bonds is 66. The van der Waals surface area contributed by atoms with E-state index in [1.54, 1.807) is 0 Å². The van der Waals surface area contributed by atoms with E-state index in [9.17, 15) is 19.8 Å². The van der Waals surface area contributed by atoms with Gasteiger partial charge in [0.15, 0.2) is 0 Å². The summed E-state index contributed by atoms with van der Waals surface area (Å²) in [6, 6.07) is -0.541. The Morgan fingerprint density at radius 2 is 0.641 bits per heavy atom. The molecule has 0 aliphatic carbocycles. The molecule has 78 heavy (non-hydrogen) atoms. The van der Waals surface area contributed by atoms with E-state index in [4.69, 9.17) is 4.74 Å². The highest BCUT2D eigenvalue weighted by molar-refractivity contribution is 5.76. The van der Waals surface area contributed by atoms with Crippen molar-refractivity contribution >= 4 is 11.9 Å². The Kier molecular flexibility index (Phi) is 65.9. The van der Waals surface area contributed by atoms with E-state index in [1.165, 1.54) is 302 Å². The summed E-state index contributed by atoms with van der Waals surface area (Å²) in [6.07, 6.45) is 86.2. The van der Waals surface area contributed by atoms with Gasteiger partial charge in [-0.05, 0) is 83.5 Å². The molecule has 1 amide bonds. The summed E-state index contributed by atoms with van der Waals surface area (Å²) in [4.78, 5) is 24.6. The topological polar surface area (TPSA) is 95.9 Å². The van der Waals surface area contributed by atoms with Crippen LogP contribution in [0.25, 0.3) is 0 Å². The van der Waals surface area contributed by atoms with E-state index >= 15 is 0 Å². The molecule has 0 aromatic heterocycles. The summed E-state index contributed by atoms with van der Waals surface area (Å²) in [5.74, 6) is -0.0262. The van der Waals surface area contributed by atoms with Gasteiger partial charge in [-0.1, -0.05) is 326 Å². The Morgan fingerprint density at radius 1 is 0.359 bits per heavy atom. The zero-order valence-electron chi connectivity index (χ0n) is 52.7. The molecule has 0 rings (SSSR count). The van der Waals surface area contributed by atoms with Crippen molar-refractivity contribution in [2.75, 3.05) is 13.2 Å². The maximum absolute atomic E-state index is 12.5. The van der Waals surface area contributed by atoms with Crippen molar-refractivity contribution in [2.45, 2.75) is 398 Å². The van der Waals surface area contributed by atoms with Gasteiger partial charge in [0.1, 0.15) is 0 Å². The van der Waals surface area contributed by atoms with Crippen LogP contribution in [0.3, 0.4) is 0 Å². The van der Waals surface area contributed by atoms with Crippen molar-refractivity contribution in [2.24, 2.45) is 0 Å². The van der Waals surface area contributed by atoms with Gasteiger partial charge in [0, 0.05) is 12.8 Å². The summed E-state index contributed by atoms with van der Waals surface area (Å²) in [5, 5.41) is 23.3. The van der Waals surface area contributed by atoms with Crippen molar-refractivity contribution in [3.8, 4) is 0 Å². The predicted octanol–water partition coefficient (Wildman–Crippen LogP) is 22.7. The van der Waals surface area contributed by atoms with Gasteiger partial charge >= 0.3 is 5.97 Å². The number of aliphatic hydroxyl groups is 2. The van der Waals surface area contributed by atoms with Crippen molar-refractivity contribution in [1.29, 1.82) is 0 Å². The van der Waals surface area contributed by atoms with Crippen molar-refractivity contribution in [3.05, 3.63) is 36.5 Å². The van der Waals surface area contributed by atoms with Crippen LogP contribution in [-0.4, -0.2) is 47.4 Å². The van der Waals surface area contributed by atoms with Gasteiger partial charge in [-0.2, -0.15) is 0 Å². The number of hydrogen-bond acceptors (Lipinski definition) is 5. The van der Waals surface area contributed by atoms with Crippen LogP contribution in [0.2, 0.25) is 0 Å². The van der Waals surface area contributed by atoms with Crippen molar-refractivity contribution < 1.29 is 24.5 Å². The second kappa shape index (κ2) is 67.6. The lowest BCUT2D eigenvalue weighted by atomic mass is 10.0. The molecule has 3 N–H and O–H groups in total. The maximum Gasteiger partial charge on any atom is 0.305 e. The first-order chi connectivity index (χ1) is 38.5. The third-order valence-corrected chi connectivity index (χ3v) is 16.4. The number of allylic oxidation sites excluding steroid dienone is 6. The second-order valence-electron chi connectivity index (χ2n) is 24.2. The Bertz CT molecular complexity index is 1260. The lowest BCUT2D eigenvalue weighted by Gasteiger charge is -2.22. The number of ether oxygens (including phenoxy) is 1. The standard InChI is InChI=1S/C72H137NO5/c1-3-5-7-9-11-13-15-17-19-38-42-46-50-54-58-62-66-72(77)78-67-63-59-55-51-47-43-39-36-34-32-30-28-26-24-22-20-21-23-25-27-29-31-33-35-37-41-45-49-53-57-61-65-71(76)73-69(68-74)70(75)64-60-56-52-48-44-40-18-16-14-12-10-8-6-4-2/h19,22,24,28,30,38,69-70,74-75H,3-18,20-21,23,25-27,29,31-37,39-68H2,1-2H3,(H,73,76)/b24-22-,30-28-,38-19-. The van der Waals surface area contributed by atoms with Crippen molar-refractivity contribution in [3.63, 3.8) is 0 Å². The zero-order chi connectivity index (χ0) is 56.4. The summed E-state index contributed by atoms with van der Waals surface area (Å²) >= 11 is 0. The number of hydrogen-bond donors (Lipinski definition) is 3. The molecule has 0 radical (unpaired) electrons. The molecule has 0 aliphatic rings. The molecule has 0 aliphatic heterocycles. The summed E-state index contributed by atoms with van der Waals surface area (Å²) < 4.78 is 5.49. The van der Waals surface area contributed by atoms with Crippen molar-refractivity contribution in [1.82, 2.24) is 5.32 Å². The van der Waals surface area contributed by atoms with Gasteiger partial charge in [0.05, 0.1) is 25.4 Å².